The lowest BCUT2D eigenvalue weighted by molar-refractivity contribution is 0.415. The summed E-state index contributed by atoms with van der Waals surface area (Å²) in [6.07, 6.45) is 3.41. The first kappa shape index (κ1) is 20.8. The molecule has 4 aromatic rings. The number of nitrogens with zero attached hydrogens (tertiary/aromatic N) is 3. The molecule has 0 amide bonds. The number of fused-ring (bicyclic) bond motifs is 1. The van der Waals surface area contributed by atoms with Gasteiger partial charge in [-0.3, -0.25) is 9.67 Å². The second-order valence-corrected chi connectivity index (χ2v) is 8.99. The number of hydrogen-bond acceptors (Lipinski definition) is 6. The monoisotopic (exact) mass is 436 g/mol. The summed E-state index contributed by atoms with van der Waals surface area (Å²) in [6.45, 7) is 1.87. The van der Waals surface area contributed by atoms with Crippen LogP contribution in [0, 0.1) is 4.78 Å². The lowest BCUT2D eigenvalue weighted by Gasteiger charge is -2.17. The van der Waals surface area contributed by atoms with Crippen LogP contribution in [0.2, 0.25) is 0 Å². The summed E-state index contributed by atoms with van der Waals surface area (Å²) in [5.74, 6) is 0.750. The third kappa shape index (κ3) is 4.37. The Morgan fingerprint density at radius 1 is 1.10 bits per heavy atom. The molecular weight excluding hydrogens is 412 g/mol. The highest BCUT2D eigenvalue weighted by Crippen LogP contribution is 2.28. The van der Waals surface area contributed by atoms with Crippen LogP contribution in [0.15, 0.2) is 71.9 Å². The van der Waals surface area contributed by atoms with E-state index in [0.717, 1.165) is 33.7 Å². The maximum absolute atomic E-state index is 13.0. The van der Waals surface area contributed by atoms with Gasteiger partial charge in [0.05, 0.1) is 29.3 Å². The third-order valence-corrected chi connectivity index (χ3v) is 6.68. The van der Waals surface area contributed by atoms with Crippen LogP contribution in [0.1, 0.15) is 18.7 Å². The van der Waals surface area contributed by atoms with Gasteiger partial charge in [0.2, 0.25) is 0 Å². The number of methoxy groups -OCH3 is 1. The number of aromatic nitrogens is 3. The van der Waals surface area contributed by atoms with E-state index in [-0.39, 0.29) is 6.04 Å². The first-order valence-corrected chi connectivity index (χ1v) is 11.3. The van der Waals surface area contributed by atoms with Crippen molar-refractivity contribution in [2.24, 2.45) is 7.05 Å². The van der Waals surface area contributed by atoms with E-state index >= 15 is 0 Å². The van der Waals surface area contributed by atoms with Gasteiger partial charge >= 0.3 is 0 Å². The van der Waals surface area contributed by atoms with Gasteiger partial charge in [0, 0.05) is 42.3 Å². The Morgan fingerprint density at radius 3 is 2.55 bits per heavy atom. The van der Waals surface area contributed by atoms with E-state index in [0.29, 0.717) is 4.90 Å². The minimum atomic E-state index is -3.18. The van der Waals surface area contributed by atoms with Crippen molar-refractivity contribution < 1.29 is 8.95 Å². The molecule has 0 aliphatic heterocycles. The second kappa shape index (κ2) is 8.37. The average Bonchev–Trinajstić information content (AvgIpc) is 3.20. The quantitative estimate of drug-likeness (QED) is 0.398. The maximum atomic E-state index is 13.0. The molecule has 160 valence electrons. The summed E-state index contributed by atoms with van der Waals surface area (Å²) in [5.41, 5.74) is 3.40. The molecule has 1 unspecified atom stereocenters. The van der Waals surface area contributed by atoms with E-state index in [1.165, 1.54) is 0 Å². The number of benzene rings is 2. The predicted molar refractivity (Wildman–Crippen MR) is 122 cm³/mol. The zero-order valence-electron chi connectivity index (χ0n) is 17.5. The number of anilines is 2. The Bertz CT molecular complexity index is 1320. The van der Waals surface area contributed by atoms with Crippen molar-refractivity contribution in [2.75, 3.05) is 12.4 Å². The number of nitrogens with one attached hydrogen (secondary N) is 3. The molecule has 9 heteroatoms. The van der Waals surface area contributed by atoms with Crippen LogP contribution in [-0.2, 0) is 17.0 Å². The highest BCUT2D eigenvalue weighted by molar-refractivity contribution is 7.90. The van der Waals surface area contributed by atoms with Gasteiger partial charge in [-0.1, -0.05) is 0 Å². The van der Waals surface area contributed by atoms with Gasteiger partial charge in [-0.2, -0.15) is 5.10 Å². The molecular formula is C22H24N6O2S. The molecule has 0 spiro atoms. The van der Waals surface area contributed by atoms with Crippen molar-refractivity contribution in [3.8, 4) is 5.75 Å². The van der Waals surface area contributed by atoms with Gasteiger partial charge < -0.3 is 10.1 Å². The Labute approximate surface area is 181 Å². The van der Waals surface area contributed by atoms with E-state index in [9.17, 15) is 4.21 Å². The number of hydrogen-bond donors (Lipinski definition) is 3. The van der Waals surface area contributed by atoms with Crippen molar-refractivity contribution in [3.63, 3.8) is 0 Å². The maximum Gasteiger partial charge on any atom is 0.135 e. The number of rotatable bonds is 7. The molecule has 31 heavy (non-hydrogen) atoms. The van der Waals surface area contributed by atoms with Crippen molar-refractivity contribution in [1.82, 2.24) is 19.5 Å². The number of pyridine rings is 1. The van der Waals surface area contributed by atoms with Crippen molar-refractivity contribution >= 4 is 32.2 Å². The summed E-state index contributed by atoms with van der Waals surface area (Å²) in [5, 5.41) is 8.45. The average molecular weight is 437 g/mol. The van der Waals surface area contributed by atoms with Gasteiger partial charge in [-0.15, -0.1) is 0 Å². The Kier molecular flexibility index (Phi) is 5.62. The van der Waals surface area contributed by atoms with Gasteiger partial charge in [0.1, 0.15) is 15.7 Å². The van der Waals surface area contributed by atoms with Crippen molar-refractivity contribution in [3.05, 3.63) is 72.7 Å². The fourth-order valence-corrected chi connectivity index (χ4v) is 4.71. The van der Waals surface area contributed by atoms with Crippen LogP contribution in [-0.4, -0.2) is 26.1 Å². The first-order valence-electron chi connectivity index (χ1n) is 9.71. The largest absolute Gasteiger partial charge is 0.497 e. The molecule has 0 aliphatic carbocycles. The molecule has 4 rings (SSSR count). The molecule has 3 N–H and O–H groups in total. The molecule has 0 saturated heterocycles. The van der Waals surface area contributed by atoms with Crippen LogP contribution in [0.5, 0.6) is 5.75 Å². The molecule has 2 atom stereocenters. The SMILES string of the molecule is COc1ccc2c(Nc3ccc(S(=N)(=O)N[C@@H](C)c4ccnn4C)cc3)ccnc2c1. The van der Waals surface area contributed by atoms with Gasteiger partial charge in [-0.25, -0.2) is 13.7 Å². The number of ether oxygens (including phenoxy) is 1. The van der Waals surface area contributed by atoms with Crippen LogP contribution in [0.3, 0.4) is 0 Å². The summed E-state index contributed by atoms with van der Waals surface area (Å²) in [6, 6.07) is 16.2. The van der Waals surface area contributed by atoms with Crippen LogP contribution >= 0.6 is 0 Å². The lowest BCUT2D eigenvalue weighted by atomic mass is 10.1. The molecule has 2 aromatic carbocycles. The van der Waals surface area contributed by atoms with Crippen molar-refractivity contribution in [1.29, 1.82) is 4.78 Å². The van der Waals surface area contributed by atoms with Crippen LogP contribution < -0.4 is 14.8 Å². The normalized spacial score (nSPS) is 14.2. The smallest absolute Gasteiger partial charge is 0.135 e. The predicted octanol–water partition coefficient (Wildman–Crippen LogP) is 4.39. The van der Waals surface area contributed by atoms with E-state index in [4.69, 9.17) is 9.52 Å². The zero-order chi connectivity index (χ0) is 22.0. The van der Waals surface area contributed by atoms with E-state index < -0.39 is 9.92 Å². The molecule has 2 aromatic heterocycles. The van der Waals surface area contributed by atoms with Crippen molar-refractivity contribution in [2.45, 2.75) is 17.9 Å². The van der Waals surface area contributed by atoms with E-state index in [2.05, 4.69) is 20.1 Å². The van der Waals surface area contributed by atoms with Crippen LogP contribution in [0.25, 0.3) is 10.9 Å². The summed E-state index contributed by atoms with van der Waals surface area (Å²) < 4.78 is 31.2. The lowest BCUT2D eigenvalue weighted by Crippen LogP contribution is -2.27. The standard InChI is InChI=1S/C22H24N6O2S/c1-15(22-11-13-25-28(22)2)27-31(23,29)18-7-4-16(5-8-18)26-20-10-12-24-21-14-17(30-3)6-9-19(20)21/h4-15H,1-3H3,(H,24,26)(H2,23,27,29)/t15-,31?/m0/s1. The Morgan fingerprint density at radius 2 is 1.87 bits per heavy atom. The highest BCUT2D eigenvalue weighted by atomic mass is 32.2. The Balaban J connectivity index is 1.53. The fourth-order valence-electron chi connectivity index (χ4n) is 3.44. The molecule has 0 saturated carbocycles. The van der Waals surface area contributed by atoms with Gasteiger partial charge in [0.15, 0.2) is 0 Å². The molecule has 2 heterocycles. The molecule has 0 radical (unpaired) electrons. The minimum absolute atomic E-state index is 0.282. The summed E-state index contributed by atoms with van der Waals surface area (Å²) >= 11 is 0. The van der Waals surface area contributed by atoms with Gasteiger partial charge in [0.25, 0.3) is 0 Å². The first-order chi connectivity index (χ1) is 14.9. The topological polar surface area (TPSA) is 105 Å². The molecule has 0 bridgehead atoms. The third-order valence-electron chi connectivity index (χ3n) is 5.06. The summed E-state index contributed by atoms with van der Waals surface area (Å²) in [7, 11) is 0.267. The van der Waals surface area contributed by atoms with E-state index in [1.54, 1.807) is 36.3 Å². The molecule has 0 aliphatic rings. The summed E-state index contributed by atoms with van der Waals surface area (Å²) in [4.78, 5) is 4.81. The Hall–Kier alpha value is -3.43. The molecule has 0 fully saturated rings. The zero-order valence-corrected chi connectivity index (χ0v) is 18.3. The highest BCUT2D eigenvalue weighted by Gasteiger charge is 2.17. The fraction of sp³-hybridized carbons (Fsp3) is 0.182. The number of aryl methyl sites for hydroxylation is 1. The second-order valence-electron chi connectivity index (χ2n) is 7.17. The van der Waals surface area contributed by atoms with E-state index in [1.807, 2.05) is 56.4 Å². The van der Waals surface area contributed by atoms with Crippen LogP contribution in [0.4, 0.5) is 11.4 Å². The molecule has 8 nitrogen and oxygen atoms in total. The minimum Gasteiger partial charge on any atom is -0.497 e. The van der Waals surface area contributed by atoms with Gasteiger partial charge in [-0.05, 0) is 55.5 Å².